The molecule has 1 atom stereocenters. The van der Waals surface area contributed by atoms with Gasteiger partial charge in [-0.3, -0.25) is 4.90 Å². The monoisotopic (exact) mass is 181 g/mol. The summed E-state index contributed by atoms with van der Waals surface area (Å²) in [5.74, 6) is 0.941. The molecule has 1 aliphatic rings. The van der Waals surface area contributed by atoms with E-state index < -0.39 is 0 Å². The van der Waals surface area contributed by atoms with Crippen LogP contribution < -0.4 is 0 Å². The van der Waals surface area contributed by atoms with E-state index in [0.717, 1.165) is 12.5 Å². The predicted molar refractivity (Wildman–Crippen MR) is 58.9 cm³/mol. The third-order valence-electron chi connectivity index (χ3n) is 2.87. The highest BCUT2D eigenvalue weighted by atomic mass is 15.1. The van der Waals surface area contributed by atoms with Crippen molar-refractivity contribution < 1.29 is 0 Å². The molecule has 0 aromatic rings. The van der Waals surface area contributed by atoms with Crippen LogP contribution in [0.2, 0.25) is 0 Å². The Hall–Kier alpha value is -0.300. The molecular formula is C12H23N. The predicted octanol–water partition coefficient (Wildman–Crippen LogP) is 3.07. The van der Waals surface area contributed by atoms with Crippen molar-refractivity contribution in [1.29, 1.82) is 0 Å². The second-order valence-electron chi connectivity index (χ2n) is 4.62. The van der Waals surface area contributed by atoms with E-state index in [4.69, 9.17) is 0 Å². The Labute approximate surface area is 82.8 Å². The molecule has 1 fully saturated rings. The summed E-state index contributed by atoms with van der Waals surface area (Å²) in [6, 6.07) is 0. The number of rotatable bonds is 2. The van der Waals surface area contributed by atoms with Gasteiger partial charge in [0.2, 0.25) is 0 Å². The number of allylic oxidation sites excluding steroid dienone is 1. The third kappa shape index (κ3) is 4.47. The topological polar surface area (TPSA) is 3.24 Å². The van der Waals surface area contributed by atoms with Crippen LogP contribution in [0.3, 0.4) is 0 Å². The Balaban J connectivity index is 2.30. The van der Waals surface area contributed by atoms with E-state index in [2.05, 4.69) is 31.7 Å². The normalized spacial score (nSPS) is 25.3. The van der Waals surface area contributed by atoms with Gasteiger partial charge < -0.3 is 0 Å². The first kappa shape index (κ1) is 10.8. The van der Waals surface area contributed by atoms with Crippen LogP contribution in [0.25, 0.3) is 0 Å². The van der Waals surface area contributed by atoms with Crippen LogP contribution in [-0.2, 0) is 0 Å². The molecule has 0 radical (unpaired) electrons. The Bertz CT molecular complexity index is 168. The van der Waals surface area contributed by atoms with Crippen LogP contribution in [0.4, 0.5) is 0 Å². The second kappa shape index (κ2) is 5.43. The minimum absolute atomic E-state index is 0.941. The molecule has 76 valence electrons. The summed E-state index contributed by atoms with van der Waals surface area (Å²) >= 11 is 0. The van der Waals surface area contributed by atoms with Crippen LogP contribution >= 0.6 is 0 Å². The van der Waals surface area contributed by atoms with Crippen molar-refractivity contribution in [3.8, 4) is 0 Å². The Kier molecular flexibility index (Phi) is 4.51. The van der Waals surface area contributed by atoms with Crippen LogP contribution in [-0.4, -0.2) is 24.5 Å². The van der Waals surface area contributed by atoms with Crippen molar-refractivity contribution in [2.24, 2.45) is 5.92 Å². The summed E-state index contributed by atoms with van der Waals surface area (Å²) in [7, 11) is 0. The lowest BCUT2D eigenvalue weighted by atomic mass is 10.0. The highest BCUT2D eigenvalue weighted by Crippen LogP contribution is 2.16. The summed E-state index contributed by atoms with van der Waals surface area (Å²) in [6.45, 7) is 10.5. The number of hydrogen-bond acceptors (Lipinski definition) is 1. The van der Waals surface area contributed by atoms with Gasteiger partial charge in [0.15, 0.2) is 0 Å². The first-order valence-corrected chi connectivity index (χ1v) is 5.54. The average Bonchev–Trinajstić information content (AvgIpc) is 2.27. The molecule has 1 aliphatic heterocycles. The molecule has 0 aromatic heterocycles. The van der Waals surface area contributed by atoms with Gasteiger partial charge >= 0.3 is 0 Å². The molecule has 1 unspecified atom stereocenters. The van der Waals surface area contributed by atoms with E-state index in [1.165, 1.54) is 37.9 Å². The van der Waals surface area contributed by atoms with Crippen molar-refractivity contribution in [3.63, 3.8) is 0 Å². The molecule has 0 aliphatic carbocycles. The Morgan fingerprint density at radius 1 is 1.31 bits per heavy atom. The van der Waals surface area contributed by atoms with Gasteiger partial charge in [0.1, 0.15) is 0 Å². The summed E-state index contributed by atoms with van der Waals surface area (Å²) in [4.78, 5) is 2.58. The zero-order valence-electron chi connectivity index (χ0n) is 9.34. The van der Waals surface area contributed by atoms with Crippen LogP contribution in [0, 0.1) is 5.92 Å². The molecule has 1 saturated heterocycles. The molecule has 1 heteroatoms. The standard InChI is InChI=1S/C12H23N/c1-11(2)6-9-13-8-4-5-12(3)7-10-13/h6,12H,4-5,7-10H2,1-3H3. The van der Waals surface area contributed by atoms with Gasteiger partial charge in [-0.05, 0) is 52.1 Å². The van der Waals surface area contributed by atoms with Crippen LogP contribution in [0.5, 0.6) is 0 Å². The van der Waals surface area contributed by atoms with E-state index in [1.54, 1.807) is 0 Å². The van der Waals surface area contributed by atoms with Gasteiger partial charge in [0.05, 0.1) is 0 Å². The summed E-state index contributed by atoms with van der Waals surface area (Å²) in [5, 5.41) is 0. The molecule has 1 heterocycles. The fourth-order valence-electron chi connectivity index (χ4n) is 1.82. The van der Waals surface area contributed by atoms with Crippen molar-refractivity contribution in [1.82, 2.24) is 4.90 Å². The molecule has 0 N–H and O–H groups in total. The highest BCUT2D eigenvalue weighted by molar-refractivity contribution is 4.95. The summed E-state index contributed by atoms with van der Waals surface area (Å²) in [6.07, 6.45) is 6.54. The van der Waals surface area contributed by atoms with Gasteiger partial charge in [-0.2, -0.15) is 0 Å². The van der Waals surface area contributed by atoms with E-state index in [0.29, 0.717) is 0 Å². The Morgan fingerprint density at radius 3 is 2.77 bits per heavy atom. The van der Waals surface area contributed by atoms with Gasteiger partial charge in [0.25, 0.3) is 0 Å². The van der Waals surface area contributed by atoms with Gasteiger partial charge in [0, 0.05) is 6.54 Å². The quantitative estimate of drug-likeness (QED) is 0.592. The molecule has 0 saturated carbocycles. The maximum atomic E-state index is 2.58. The average molecular weight is 181 g/mol. The number of likely N-dealkylation sites (tertiary alicyclic amines) is 1. The summed E-state index contributed by atoms with van der Waals surface area (Å²) in [5.41, 5.74) is 1.44. The largest absolute Gasteiger partial charge is 0.300 e. The molecule has 13 heavy (non-hydrogen) atoms. The lowest BCUT2D eigenvalue weighted by Crippen LogP contribution is -2.24. The maximum Gasteiger partial charge on any atom is 0.0165 e. The molecule has 1 rings (SSSR count). The Morgan fingerprint density at radius 2 is 2.08 bits per heavy atom. The lowest BCUT2D eigenvalue weighted by molar-refractivity contribution is 0.311. The minimum Gasteiger partial charge on any atom is -0.300 e. The number of hydrogen-bond donors (Lipinski definition) is 0. The smallest absolute Gasteiger partial charge is 0.0165 e. The molecule has 0 bridgehead atoms. The first-order chi connectivity index (χ1) is 6.18. The van der Waals surface area contributed by atoms with Crippen molar-refractivity contribution in [3.05, 3.63) is 11.6 Å². The van der Waals surface area contributed by atoms with Gasteiger partial charge in [-0.1, -0.05) is 18.6 Å². The van der Waals surface area contributed by atoms with E-state index >= 15 is 0 Å². The van der Waals surface area contributed by atoms with Crippen molar-refractivity contribution in [2.75, 3.05) is 19.6 Å². The third-order valence-corrected chi connectivity index (χ3v) is 2.87. The molecule has 0 spiro atoms. The van der Waals surface area contributed by atoms with E-state index in [-0.39, 0.29) is 0 Å². The van der Waals surface area contributed by atoms with Gasteiger partial charge in [-0.15, -0.1) is 0 Å². The van der Waals surface area contributed by atoms with E-state index in [1.807, 2.05) is 0 Å². The zero-order chi connectivity index (χ0) is 9.68. The SMILES string of the molecule is CC(C)=CCN1CCCC(C)CC1. The first-order valence-electron chi connectivity index (χ1n) is 5.54. The fraction of sp³-hybridized carbons (Fsp3) is 0.833. The minimum atomic E-state index is 0.941. The molecule has 1 nitrogen and oxygen atoms in total. The molecule has 0 aromatic carbocycles. The molecular weight excluding hydrogens is 158 g/mol. The van der Waals surface area contributed by atoms with E-state index in [9.17, 15) is 0 Å². The lowest BCUT2D eigenvalue weighted by Gasteiger charge is -2.17. The number of nitrogens with zero attached hydrogens (tertiary/aromatic N) is 1. The second-order valence-corrected chi connectivity index (χ2v) is 4.62. The van der Waals surface area contributed by atoms with Crippen molar-refractivity contribution in [2.45, 2.75) is 40.0 Å². The van der Waals surface area contributed by atoms with Gasteiger partial charge in [-0.25, -0.2) is 0 Å². The zero-order valence-corrected chi connectivity index (χ0v) is 9.34. The summed E-state index contributed by atoms with van der Waals surface area (Å²) < 4.78 is 0. The van der Waals surface area contributed by atoms with Crippen LogP contribution in [0.15, 0.2) is 11.6 Å². The highest BCUT2D eigenvalue weighted by Gasteiger charge is 2.11. The van der Waals surface area contributed by atoms with Crippen LogP contribution in [0.1, 0.15) is 40.0 Å². The fourth-order valence-corrected chi connectivity index (χ4v) is 1.82. The van der Waals surface area contributed by atoms with Crippen molar-refractivity contribution >= 4 is 0 Å². The molecule has 0 amide bonds. The maximum absolute atomic E-state index is 2.58.